The summed E-state index contributed by atoms with van der Waals surface area (Å²) in [6.07, 6.45) is 4.13. The lowest BCUT2D eigenvalue weighted by Crippen LogP contribution is -2.30. The maximum absolute atomic E-state index is 12.1. The number of imidazole rings is 1. The van der Waals surface area contributed by atoms with Gasteiger partial charge in [0.05, 0.1) is 24.5 Å². The summed E-state index contributed by atoms with van der Waals surface area (Å²) in [5.41, 5.74) is 8.68. The summed E-state index contributed by atoms with van der Waals surface area (Å²) in [6, 6.07) is 3.67. The van der Waals surface area contributed by atoms with E-state index in [2.05, 4.69) is 10.3 Å². The van der Waals surface area contributed by atoms with Crippen molar-refractivity contribution in [3.63, 3.8) is 0 Å². The van der Waals surface area contributed by atoms with E-state index in [1.54, 1.807) is 6.20 Å². The van der Waals surface area contributed by atoms with Crippen LogP contribution < -0.4 is 11.1 Å². The third kappa shape index (κ3) is 3.95. The number of halogens is 2. The van der Waals surface area contributed by atoms with E-state index in [-0.39, 0.29) is 42.7 Å². The molecule has 1 saturated carbocycles. The molecule has 0 aromatic carbocycles. The Balaban J connectivity index is 0.00000132. The maximum Gasteiger partial charge on any atom is 0.223 e. The number of nitrogens with two attached hydrogens (primary N) is 1. The molecule has 1 amide bonds. The molecule has 0 aliphatic heterocycles. The first-order valence-corrected chi connectivity index (χ1v) is 7.19. The average molecular weight is 361 g/mol. The van der Waals surface area contributed by atoms with Crippen molar-refractivity contribution < 1.29 is 9.90 Å². The van der Waals surface area contributed by atoms with Crippen molar-refractivity contribution in [2.24, 2.45) is 11.7 Å². The number of aryl methyl sites for hydroxylation is 1. The normalized spacial score (nSPS) is 23.2. The molecule has 0 spiro atoms. The lowest BCUT2D eigenvalue weighted by Gasteiger charge is -2.10. The third-order valence-corrected chi connectivity index (χ3v) is 4.20. The van der Waals surface area contributed by atoms with E-state index in [4.69, 9.17) is 5.73 Å². The van der Waals surface area contributed by atoms with Gasteiger partial charge in [0.1, 0.15) is 5.65 Å². The second-order valence-electron chi connectivity index (χ2n) is 5.75. The highest BCUT2D eigenvalue weighted by atomic mass is 35.5. The number of amides is 1. The van der Waals surface area contributed by atoms with Crippen LogP contribution in [0.15, 0.2) is 24.5 Å². The van der Waals surface area contributed by atoms with Gasteiger partial charge in [-0.1, -0.05) is 6.07 Å². The average Bonchev–Trinajstić information content (AvgIpc) is 3.02. The van der Waals surface area contributed by atoms with Crippen molar-refractivity contribution in [1.82, 2.24) is 14.7 Å². The van der Waals surface area contributed by atoms with E-state index in [0.29, 0.717) is 19.4 Å². The van der Waals surface area contributed by atoms with E-state index in [0.717, 1.165) is 16.9 Å². The van der Waals surface area contributed by atoms with Crippen molar-refractivity contribution in [1.29, 1.82) is 0 Å². The van der Waals surface area contributed by atoms with Crippen LogP contribution >= 0.6 is 24.8 Å². The Morgan fingerprint density at radius 1 is 1.48 bits per heavy atom. The molecular formula is C15H22Cl2N4O2. The number of nitrogens with one attached hydrogen (secondary N) is 1. The highest BCUT2D eigenvalue weighted by molar-refractivity contribution is 5.85. The Morgan fingerprint density at radius 3 is 2.87 bits per heavy atom. The summed E-state index contributed by atoms with van der Waals surface area (Å²) in [6.45, 7) is 2.43. The van der Waals surface area contributed by atoms with Gasteiger partial charge in [-0.25, -0.2) is 4.98 Å². The molecule has 2 aromatic heterocycles. The summed E-state index contributed by atoms with van der Waals surface area (Å²) in [5, 5.41) is 12.5. The second kappa shape index (κ2) is 7.97. The summed E-state index contributed by atoms with van der Waals surface area (Å²) in [7, 11) is 0. The SMILES string of the molecule is Cc1cccn2c(CNC(=O)[C@H]3C[C@H](N)[C@@H](O)C3)cnc12.Cl.Cl. The van der Waals surface area contributed by atoms with E-state index in [9.17, 15) is 9.90 Å². The van der Waals surface area contributed by atoms with Crippen LogP contribution in [0, 0.1) is 12.8 Å². The fourth-order valence-electron chi connectivity index (χ4n) is 2.92. The van der Waals surface area contributed by atoms with Crippen molar-refractivity contribution in [2.75, 3.05) is 0 Å². The Labute approximate surface area is 147 Å². The maximum atomic E-state index is 12.1. The number of aliphatic hydroxyl groups excluding tert-OH is 1. The van der Waals surface area contributed by atoms with Crippen molar-refractivity contribution in [2.45, 2.75) is 38.5 Å². The largest absolute Gasteiger partial charge is 0.391 e. The number of pyridine rings is 1. The van der Waals surface area contributed by atoms with Crippen LogP contribution in [-0.4, -0.2) is 32.5 Å². The minimum atomic E-state index is -0.570. The number of aromatic nitrogens is 2. The van der Waals surface area contributed by atoms with Crippen molar-refractivity contribution >= 4 is 36.4 Å². The summed E-state index contributed by atoms with van der Waals surface area (Å²) in [4.78, 5) is 16.5. The van der Waals surface area contributed by atoms with Crippen LogP contribution in [0.25, 0.3) is 5.65 Å². The first-order valence-electron chi connectivity index (χ1n) is 7.19. The monoisotopic (exact) mass is 360 g/mol. The molecule has 1 aliphatic carbocycles. The summed E-state index contributed by atoms with van der Waals surface area (Å²) >= 11 is 0. The van der Waals surface area contributed by atoms with Gasteiger partial charge >= 0.3 is 0 Å². The molecule has 2 aromatic rings. The van der Waals surface area contributed by atoms with Crippen LogP contribution in [0.2, 0.25) is 0 Å². The minimum absolute atomic E-state index is 0. The van der Waals surface area contributed by atoms with Gasteiger partial charge in [0.15, 0.2) is 0 Å². The molecule has 8 heteroatoms. The first-order chi connectivity index (χ1) is 10.1. The number of fused-ring (bicyclic) bond motifs is 1. The number of aliphatic hydroxyl groups is 1. The summed E-state index contributed by atoms with van der Waals surface area (Å²) < 4.78 is 1.98. The third-order valence-electron chi connectivity index (χ3n) is 4.20. The highest BCUT2D eigenvalue weighted by Gasteiger charge is 2.34. The number of nitrogens with zero attached hydrogens (tertiary/aromatic N) is 2. The molecule has 1 aliphatic rings. The minimum Gasteiger partial charge on any atom is -0.391 e. The van der Waals surface area contributed by atoms with Gasteiger partial charge in [-0.3, -0.25) is 4.79 Å². The number of carbonyl (C=O) groups is 1. The Bertz CT molecular complexity index is 667. The van der Waals surface area contributed by atoms with Gasteiger partial charge in [-0.15, -0.1) is 24.8 Å². The van der Waals surface area contributed by atoms with E-state index >= 15 is 0 Å². The van der Waals surface area contributed by atoms with Crippen LogP contribution in [-0.2, 0) is 11.3 Å². The van der Waals surface area contributed by atoms with Gasteiger partial charge in [-0.05, 0) is 31.4 Å². The molecule has 4 N–H and O–H groups in total. The van der Waals surface area contributed by atoms with Gasteiger partial charge in [0.25, 0.3) is 0 Å². The fourth-order valence-corrected chi connectivity index (χ4v) is 2.92. The van der Waals surface area contributed by atoms with E-state index in [1.807, 2.05) is 29.7 Å². The number of rotatable bonds is 3. The van der Waals surface area contributed by atoms with Crippen molar-refractivity contribution in [3.05, 3.63) is 35.8 Å². The smallest absolute Gasteiger partial charge is 0.223 e. The number of hydrogen-bond acceptors (Lipinski definition) is 4. The zero-order valence-electron chi connectivity index (χ0n) is 12.8. The van der Waals surface area contributed by atoms with E-state index in [1.165, 1.54) is 0 Å². The molecule has 0 bridgehead atoms. The van der Waals surface area contributed by atoms with Gasteiger partial charge < -0.3 is 20.6 Å². The lowest BCUT2D eigenvalue weighted by molar-refractivity contribution is -0.125. The molecule has 128 valence electrons. The quantitative estimate of drug-likeness (QED) is 0.766. The predicted octanol–water partition coefficient (Wildman–Crippen LogP) is 1.20. The molecule has 0 saturated heterocycles. The fraction of sp³-hybridized carbons (Fsp3) is 0.467. The van der Waals surface area contributed by atoms with Crippen LogP contribution in [0.4, 0.5) is 0 Å². The van der Waals surface area contributed by atoms with Crippen LogP contribution in [0.5, 0.6) is 0 Å². The number of carbonyl (C=O) groups excluding carboxylic acids is 1. The lowest BCUT2D eigenvalue weighted by atomic mass is 10.1. The highest BCUT2D eigenvalue weighted by Crippen LogP contribution is 2.24. The Hall–Kier alpha value is -1.34. The topological polar surface area (TPSA) is 92.7 Å². The zero-order chi connectivity index (χ0) is 15.0. The van der Waals surface area contributed by atoms with E-state index < -0.39 is 6.10 Å². The summed E-state index contributed by atoms with van der Waals surface area (Å²) in [5.74, 6) is -0.250. The van der Waals surface area contributed by atoms with Crippen LogP contribution in [0.3, 0.4) is 0 Å². The molecule has 0 radical (unpaired) electrons. The molecule has 6 nitrogen and oxygen atoms in total. The Morgan fingerprint density at radius 2 is 2.22 bits per heavy atom. The molecular weight excluding hydrogens is 339 g/mol. The molecule has 0 unspecified atom stereocenters. The zero-order valence-corrected chi connectivity index (χ0v) is 14.4. The Kier molecular flexibility index (Phi) is 6.83. The second-order valence-corrected chi connectivity index (χ2v) is 5.75. The number of hydrogen-bond donors (Lipinski definition) is 3. The van der Waals surface area contributed by atoms with Gasteiger partial charge in [0.2, 0.25) is 5.91 Å². The molecule has 23 heavy (non-hydrogen) atoms. The van der Waals surface area contributed by atoms with Crippen LogP contribution in [0.1, 0.15) is 24.1 Å². The molecule has 1 fully saturated rings. The first kappa shape index (κ1) is 19.7. The van der Waals surface area contributed by atoms with Gasteiger partial charge in [0, 0.05) is 18.2 Å². The van der Waals surface area contributed by atoms with Gasteiger partial charge in [-0.2, -0.15) is 0 Å². The standard InChI is InChI=1S/C15H20N4O2.2ClH/c1-9-3-2-4-19-11(7-17-14(9)19)8-18-15(21)10-5-12(16)13(20)6-10;;/h2-4,7,10,12-13,20H,5-6,8,16H2,1H3,(H,18,21);2*1H/t10-,12-,13-;;/m0../s1. The molecule has 3 rings (SSSR count). The molecule has 3 atom stereocenters. The predicted molar refractivity (Wildman–Crippen MR) is 93.0 cm³/mol. The molecule has 2 heterocycles. The van der Waals surface area contributed by atoms with Crippen molar-refractivity contribution in [3.8, 4) is 0 Å².